The van der Waals surface area contributed by atoms with Crippen molar-refractivity contribution in [3.8, 4) is 0 Å². The van der Waals surface area contributed by atoms with Crippen LogP contribution in [0.1, 0.15) is 13.8 Å². The zero-order chi connectivity index (χ0) is 13.6. The molecule has 4 nitrogen and oxygen atoms in total. The summed E-state index contributed by atoms with van der Waals surface area (Å²) in [4.78, 5) is 0. The minimum atomic E-state index is -0.233. The first kappa shape index (κ1) is 17.1. The van der Waals surface area contributed by atoms with Gasteiger partial charge in [0, 0.05) is 0 Å². The van der Waals surface area contributed by atoms with Crippen molar-refractivity contribution in [2.45, 2.75) is 26.4 Å². The highest BCUT2D eigenvalue weighted by Crippen LogP contribution is 1.95. The van der Waals surface area contributed by atoms with E-state index in [9.17, 15) is 0 Å². The molecule has 0 aliphatic rings. The SMILES string of the molecule is C=CCOC(C)OC/C=C/COC(C)OCC=C. The Labute approximate surface area is 110 Å². The van der Waals surface area contributed by atoms with Crippen LogP contribution < -0.4 is 0 Å². The van der Waals surface area contributed by atoms with Gasteiger partial charge < -0.3 is 18.9 Å². The van der Waals surface area contributed by atoms with Gasteiger partial charge in [0.05, 0.1) is 26.4 Å². The molecular weight excluding hydrogens is 232 g/mol. The van der Waals surface area contributed by atoms with Crippen molar-refractivity contribution in [1.29, 1.82) is 0 Å². The highest BCUT2D eigenvalue weighted by Gasteiger charge is 1.99. The molecular formula is C14H24O4. The summed E-state index contributed by atoms with van der Waals surface area (Å²) in [7, 11) is 0. The fourth-order valence-corrected chi connectivity index (χ4v) is 1.02. The molecule has 18 heavy (non-hydrogen) atoms. The second-order valence-electron chi connectivity index (χ2n) is 3.52. The van der Waals surface area contributed by atoms with Gasteiger partial charge in [-0.15, -0.1) is 13.2 Å². The Morgan fingerprint density at radius 1 is 0.722 bits per heavy atom. The zero-order valence-corrected chi connectivity index (χ0v) is 11.3. The van der Waals surface area contributed by atoms with Crippen LogP contribution in [0.3, 0.4) is 0 Å². The predicted molar refractivity (Wildman–Crippen MR) is 72.3 cm³/mol. The van der Waals surface area contributed by atoms with Crippen LogP contribution in [0, 0.1) is 0 Å². The van der Waals surface area contributed by atoms with Gasteiger partial charge in [0.25, 0.3) is 0 Å². The van der Waals surface area contributed by atoms with E-state index >= 15 is 0 Å². The number of rotatable bonds is 12. The molecule has 0 aromatic carbocycles. The first-order valence-corrected chi connectivity index (χ1v) is 6.04. The Hall–Kier alpha value is -0.940. The lowest BCUT2D eigenvalue weighted by Gasteiger charge is -2.12. The highest BCUT2D eigenvalue weighted by atomic mass is 16.7. The monoisotopic (exact) mass is 256 g/mol. The number of hydrogen-bond acceptors (Lipinski definition) is 4. The number of ether oxygens (including phenoxy) is 4. The maximum atomic E-state index is 5.36. The standard InChI is InChI=1S/C14H24O4/c1-5-9-15-13(3)17-11-7-8-12-18-14(4)16-10-6-2/h5-8,13-14H,1-2,9-12H2,3-4H3/b8-7+. The smallest absolute Gasteiger partial charge is 0.155 e. The first-order chi connectivity index (χ1) is 8.70. The lowest BCUT2D eigenvalue weighted by atomic mass is 10.5. The van der Waals surface area contributed by atoms with Gasteiger partial charge in [-0.2, -0.15) is 0 Å². The molecule has 0 aliphatic carbocycles. The summed E-state index contributed by atoms with van der Waals surface area (Å²) in [6.07, 6.45) is 6.68. The Balaban J connectivity index is 3.42. The molecule has 0 aromatic heterocycles. The van der Waals surface area contributed by atoms with Crippen molar-refractivity contribution >= 4 is 0 Å². The molecule has 0 spiro atoms. The molecule has 0 fully saturated rings. The Morgan fingerprint density at radius 2 is 1.06 bits per heavy atom. The zero-order valence-electron chi connectivity index (χ0n) is 11.3. The molecule has 0 rings (SSSR count). The molecule has 0 radical (unpaired) electrons. The third-order valence-corrected chi connectivity index (χ3v) is 1.92. The maximum Gasteiger partial charge on any atom is 0.155 e. The van der Waals surface area contributed by atoms with Crippen LogP contribution in [-0.4, -0.2) is 39.0 Å². The summed E-state index contributed by atoms with van der Waals surface area (Å²) in [6, 6.07) is 0. The molecule has 0 heterocycles. The molecule has 0 amide bonds. The van der Waals surface area contributed by atoms with Gasteiger partial charge in [-0.1, -0.05) is 24.3 Å². The fourth-order valence-electron chi connectivity index (χ4n) is 1.02. The summed E-state index contributed by atoms with van der Waals surface area (Å²) >= 11 is 0. The number of hydrogen-bond donors (Lipinski definition) is 0. The average molecular weight is 256 g/mol. The van der Waals surface area contributed by atoms with Crippen LogP contribution in [0.4, 0.5) is 0 Å². The molecule has 0 saturated carbocycles. The van der Waals surface area contributed by atoms with Crippen LogP contribution in [0.25, 0.3) is 0 Å². The van der Waals surface area contributed by atoms with Crippen molar-refractivity contribution in [2.24, 2.45) is 0 Å². The van der Waals surface area contributed by atoms with E-state index in [0.717, 1.165) is 0 Å². The van der Waals surface area contributed by atoms with E-state index in [1.807, 2.05) is 26.0 Å². The van der Waals surface area contributed by atoms with Gasteiger partial charge in [-0.25, -0.2) is 0 Å². The molecule has 4 heteroatoms. The van der Waals surface area contributed by atoms with Gasteiger partial charge in [0.15, 0.2) is 12.6 Å². The van der Waals surface area contributed by atoms with Gasteiger partial charge in [-0.05, 0) is 13.8 Å². The lowest BCUT2D eigenvalue weighted by Crippen LogP contribution is -2.14. The van der Waals surface area contributed by atoms with Crippen molar-refractivity contribution < 1.29 is 18.9 Å². The van der Waals surface area contributed by atoms with Crippen molar-refractivity contribution in [2.75, 3.05) is 26.4 Å². The summed E-state index contributed by atoms with van der Waals surface area (Å²) in [5.41, 5.74) is 0. The minimum Gasteiger partial charge on any atom is -0.349 e. The van der Waals surface area contributed by atoms with E-state index in [4.69, 9.17) is 18.9 Å². The second kappa shape index (κ2) is 12.5. The van der Waals surface area contributed by atoms with Crippen LogP contribution in [0.5, 0.6) is 0 Å². The molecule has 0 bridgehead atoms. The summed E-state index contributed by atoms with van der Waals surface area (Å²) in [5, 5.41) is 0. The third kappa shape index (κ3) is 11.5. The van der Waals surface area contributed by atoms with Crippen LogP contribution in [0.15, 0.2) is 37.5 Å². The topological polar surface area (TPSA) is 36.9 Å². The molecule has 2 unspecified atom stereocenters. The van der Waals surface area contributed by atoms with E-state index in [1.54, 1.807) is 12.2 Å². The Bertz CT molecular complexity index is 214. The Morgan fingerprint density at radius 3 is 1.39 bits per heavy atom. The maximum absolute atomic E-state index is 5.36. The minimum absolute atomic E-state index is 0.233. The third-order valence-electron chi connectivity index (χ3n) is 1.92. The van der Waals surface area contributed by atoms with Gasteiger partial charge >= 0.3 is 0 Å². The predicted octanol–water partition coefficient (Wildman–Crippen LogP) is 2.67. The Kier molecular flexibility index (Phi) is 11.9. The fraction of sp³-hybridized carbons (Fsp3) is 0.571. The second-order valence-corrected chi connectivity index (χ2v) is 3.52. The molecule has 104 valence electrons. The highest BCUT2D eigenvalue weighted by molar-refractivity contribution is 4.81. The van der Waals surface area contributed by atoms with Gasteiger partial charge in [0.2, 0.25) is 0 Å². The molecule has 0 aliphatic heterocycles. The van der Waals surface area contributed by atoms with Crippen LogP contribution in [0.2, 0.25) is 0 Å². The molecule has 0 saturated heterocycles. The lowest BCUT2D eigenvalue weighted by molar-refractivity contribution is -0.116. The quantitative estimate of drug-likeness (QED) is 0.397. The first-order valence-electron chi connectivity index (χ1n) is 6.04. The molecule has 0 aromatic rings. The van der Waals surface area contributed by atoms with E-state index in [-0.39, 0.29) is 12.6 Å². The van der Waals surface area contributed by atoms with E-state index in [1.165, 1.54) is 0 Å². The van der Waals surface area contributed by atoms with E-state index < -0.39 is 0 Å². The van der Waals surface area contributed by atoms with Crippen molar-refractivity contribution in [3.05, 3.63) is 37.5 Å². The van der Waals surface area contributed by atoms with Gasteiger partial charge in [-0.3, -0.25) is 0 Å². The summed E-state index contributed by atoms with van der Waals surface area (Å²) in [6.45, 7) is 12.8. The normalized spacial score (nSPS) is 14.6. The largest absolute Gasteiger partial charge is 0.349 e. The van der Waals surface area contributed by atoms with Crippen molar-refractivity contribution in [1.82, 2.24) is 0 Å². The van der Waals surface area contributed by atoms with Crippen LogP contribution >= 0.6 is 0 Å². The molecule has 0 N–H and O–H groups in total. The average Bonchev–Trinajstić information content (AvgIpc) is 2.37. The molecule has 2 atom stereocenters. The summed E-state index contributed by atoms with van der Waals surface area (Å²) in [5.74, 6) is 0. The van der Waals surface area contributed by atoms with Crippen molar-refractivity contribution in [3.63, 3.8) is 0 Å². The van der Waals surface area contributed by atoms with E-state index in [2.05, 4.69) is 13.2 Å². The van der Waals surface area contributed by atoms with E-state index in [0.29, 0.717) is 26.4 Å². The van der Waals surface area contributed by atoms with Gasteiger partial charge in [0.1, 0.15) is 0 Å². The van der Waals surface area contributed by atoms with Crippen LogP contribution in [-0.2, 0) is 18.9 Å². The summed E-state index contributed by atoms with van der Waals surface area (Å²) < 4.78 is 21.2.